The van der Waals surface area contributed by atoms with Crippen molar-refractivity contribution in [2.24, 2.45) is 10.8 Å². The van der Waals surface area contributed by atoms with Gasteiger partial charge < -0.3 is 14.2 Å². The average Bonchev–Trinajstić information content (AvgIpc) is 2.79. The quantitative estimate of drug-likeness (QED) is 0.739. The molecule has 3 aliphatic rings. The fourth-order valence-corrected chi connectivity index (χ4v) is 3.95. The van der Waals surface area contributed by atoms with Crippen molar-refractivity contribution in [3.8, 4) is 0 Å². The monoisotopic (exact) mass is 322 g/mol. The van der Waals surface area contributed by atoms with Crippen LogP contribution in [-0.2, 0) is 28.6 Å². The average molecular weight is 322 g/mol. The first-order chi connectivity index (χ1) is 10.7. The lowest BCUT2D eigenvalue weighted by Crippen LogP contribution is -2.49. The fourth-order valence-electron chi connectivity index (χ4n) is 3.95. The summed E-state index contributed by atoms with van der Waals surface area (Å²) in [5, 5.41) is 0. The number of allylic oxidation sites excluding steroid dienone is 1. The molecule has 0 aromatic rings. The highest BCUT2D eigenvalue weighted by Crippen LogP contribution is 2.65. The number of esters is 2. The molecule has 6 nitrogen and oxygen atoms in total. The zero-order valence-electron chi connectivity index (χ0n) is 13.9. The van der Waals surface area contributed by atoms with E-state index in [1.165, 1.54) is 13.2 Å². The number of hydrogen-bond acceptors (Lipinski definition) is 6. The smallest absolute Gasteiger partial charge is 0.351 e. The van der Waals surface area contributed by atoms with E-state index in [1.54, 1.807) is 0 Å². The van der Waals surface area contributed by atoms with Gasteiger partial charge in [0.1, 0.15) is 6.10 Å². The van der Waals surface area contributed by atoms with Gasteiger partial charge in [-0.25, -0.2) is 4.79 Å². The first kappa shape index (κ1) is 16.0. The van der Waals surface area contributed by atoms with Gasteiger partial charge in [0.15, 0.2) is 11.5 Å². The predicted molar refractivity (Wildman–Crippen MR) is 79.2 cm³/mol. The Bertz CT molecular complexity index is 619. The summed E-state index contributed by atoms with van der Waals surface area (Å²) in [5.41, 5.74) is -2.53. The molecule has 1 saturated heterocycles. The Morgan fingerprint density at radius 3 is 2.48 bits per heavy atom. The van der Waals surface area contributed by atoms with Crippen LogP contribution in [0.1, 0.15) is 46.5 Å². The van der Waals surface area contributed by atoms with Crippen molar-refractivity contribution >= 4 is 17.7 Å². The van der Waals surface area contributed by atoms with Gasteiger partial charge in [-0.05, 0) is 26.2 Å². The summed E-state index contributed by atoms with van der Waals surface area (Å²) >= 11 is 0. The minimum atomic E-state index is -1.23. The molecular formula is C17H22O6. The molecule has 1 aliphatic heterocycles. The lowest BCUT2D eigenvalue weighted by Gasteiger charge is -2.35. The van der Waals surface area contributed by atoms with Gasteiger partial charge in [-0.2, -0.15) is 0 Å². The second-order valence-corrected chi connectivity index (χ2v) is 7.31. The molecule has 2 bridgehead atoms. The van der Waals surface area contributed by atoms with Gasteiger partial charge in [0.2, 0.25) is 5.60 Å². The standard InChI is InChI=1S/C17H22O6/c1-15(2)16(3)7-8-17(15,23-13(16)19)14(20)22-10-5-6-11(18)12(9-10)21-4/h9-10H,5-8H2,1-4H3/t10-,16-,17+/m0/s1. The third-order valence-electron chi connectivity index (χ3n) is 6.16. The van der Waals surface area contributed by atoms with Gasteiger partial charge in [-0.1, -0.05) is 13.8 Å². The number of carbonyl (C=O) groups is 3. The highest BCUT2D eigenvalue weighted by atomic mass is 16.6. The van der Waals surface area contributed by atoms with Crippen molar-refractivity contribution in [3.05, 3.63) is 11.8 Å². The Morgan fingerprint density at radius 1 is 1.26 bits per heavy atom. The van der Waals surface area contributed by atoms with Gasteiger partial charge >= 0.3 is 11.9 Å². The molecule has 1 heterocycles. The summed E-state index contributed by atoms with van der Waals surface area (Å²) in [7, 11) is 1.41. The summed E-state index contributed by atoms with van der Waals surface area (Å²) in [6.07, 6.45) is 2.75. The van der Waals surface area contributed by atoms with Crippen LogP contribution in [0, 0.1) is 10.8 Å². The van der Waals surface area contributed by atoms with Crippen LogP contribution < -0.4 is 0 Å². The van der Waals surface area contributed by atoms with Gasteiger partial charge in [-0.15, -0.1) is 0 Å². The molecule has 3 rings (SSSR count). The van der Waals surface area contributed by atoms with Gasteiger partial charge in [-0.3, -0.25) is 9.59 Å². The second-order valence-electron chi connectivity index (χ2n) is 7.31. The number of ether oxygens (including phenoxy) is 3. The third-order valence-corrected chi connectivity index (χ3v) is 6.16. The molecule has 126 valence electrons. The molecule has 23 heavy (non-hydrogen) atoms. The van der Waals surface area contributed by atoms with E-state index in [0.717, 1.165) is 0 Å². The largest absolute Gasteiger partial charge is 0.493 e. The molecular weight excluding hydrogens is 300 g/mol. The van der Waals surface area contributed by atoms with E-state index in [-0.39, 0.29) is 23.9 Å². The fraction of sp³-hybridized carbons (Fsp3) is 0.706. The highest BCUT2D eigenvalue weighted by molar-refractivity contribution is 5.95. The maximum absolute atomic E-state index is 12.8. The number of carbonyl (C=O) groups excluding carboxylic acids is 3. The number of Topliss-reactive ketones (excluding diaryl/α,β-unsaturated/α-hetero) is 1. The molecule has 0 N–H and O–H groups in total. The molecule has 0 radical (unpaired) electrons. The molecule has 0 aromatic heterocycles. The van der Waals surface area contributed by atoms with Gasteiger partial charge in [0.05, 0.1) is 12.5 Å². The van der Waals surface area contributed by atoms with E-state index >= 15 is 0 Å². The first-order valence-electron chi connectivity index (χ1n) is 7.91. The van der Waals surface area contributed by atoms with E-state index in [9.17, 15) is 14.4 Å². The molecule has 2 aliphatic carbocycles. The number of fused-ring (bicyclic) bond motifs is 2. The van der Waals surface area contributed by atoms with Gasteiger partial charge in [0, 0.05) is 17.9 Å². The number of ketones is 1. The van der Waals surface area contributed by atoms with Crippen LogP contribution in [0.5, 0.6) is 0 Å². The molecule has 3 atom stereocenters. The van der Waals surface area contributed by atoms with E-state index in [4.69, 9.17) is 14.2 Å². The topological polar surface area (TPSA) is 78.9 Å². The number of hydrogen-bond donors (Lipinski definition) is 0. The maximum Gasteiger partial charge on any atom is 0.351 e. The van der Waals surface area contributed by atoms with Crippen molar-refractivity contribution in [1.29, 1.82) is 0 Å². The second kappa shape index (κ2) is 4.82. The number of rotatable bonds is 3. The lowest BCUT2D eigenvalue weighted by atomic mass is 9.66. The van der Waals surface area contributed by atoms with Crippen LogP contribution in [0.4, 0.5) is 0 Å². The SMILES string of the molecule is COC1=C[C@@H](OC(=O)[C@@]23CC[C@@](C)(C(=O)O2)C3(C)C)CCC1=O. The Morgan fingerprint density at radius 2 is 1.96 bits per heavy atom. The molecule has 1 saturated carbocycles. The van der Waals surface area contributed by atoms with Gasteiger partial charge in [0.25, 0.3) is 0 Å². The molecule has 0 amide bonds. The Hall–Kier alpha value is -1.85. The summed E-state index contributed by atoms with van der Waals surface area (Å²) in [6, 6.07) is 0. The van der Waals surface area contributed by atoms with Crippen LogP contribution in [0.3, 0.4) is 0 Å². The molecule has 0 spiro atoms. The van der Waals surface area contributed by atoms with Crippen LogP contribution in [0.15, 0.2) is 11.8 Å². The van der Waals surface area contributed by atoms with E-state index in [0.29, 0.717) is 19.3 Å². The van der Waals surface area contributed by atoms with Crippen LogP contribution in [0.2, 0.25) is 0 Å². The Labute approximate surface area is 135 Å². The minimum Gasteiger partial charge on any atom is -0.493 e. The summed E-state index contributed by atoms with van der Waals surface area (Å²) < 4.78 is 16.1. The predicted octanol–water partition coefficient (Wildman–Crippen LogP) is 1.91. The minimum absolute atomic E-state index is 0.0981. The Balaban J connectivity index is 1.83. The third kappa shape index (κ3) is 1.90. The summed E-state index contributed by atoms with van der Waals surface area (Å²) in [5.74, 6) is -0.745. The highest BCUT2D eigenvalue weighted by Gasteiger charge is 2.76. The first-order valence-corrected chi connectivity index (χ1v) is 7.91. The summed E-state index contributed by atoms with van der Waals surface area (Å²) in [4.78, 5) is 36.7. The summed E-state index contributed by atoms with van der Waals surface area (Å²) in [6.45, 7) is 5.61. The van der Waals surface area contributed by atoms with Crippen molar-refractivity contribution in [1.82, 2.24) is 0 Å². The van der Waals surface area contributed by atoms with Crippen LogP contribution in [-0.4, -0.2) is 36.5 Å². The van der Waals surface area contributed by atoms with E-state index < -0.39 is 28.5 Å². The molecule has 0 unspecified atom stereocenters. The van der Waals surface area contributed by atoms with E-state index in [2.05, 4.69) is 0 Å². The van der Waals surface area contributed by atoms with Crippen molar-refractivity contribution < 1.29 is 28.6 Å². The van der Waals surface area contributed by atoms with Crippen molar-refractivity contribution in [3.63, 3.8) is 0 Å². The maximum atomic E-state index is 12.8. The Kier molecular flexibility index (Phi) is 3.36. The van der Waals surface area contributed by atoms with Crippen LogP contribution >= 0.6 is 0 Å². The normalized spacial score (nSPS) is 38.1. The number of methoxy groups -OCH3 is 1. The lowest BCUT2D eigenvalue weighted by molar-refractivity contribution is -0.186. The zero-order chi connectivity index (χ0) is 17.0. The zero-order valence-corrected chi connectivity index (χ0v) is 13.9. The molecule has 2 fully saturated rings. The van der Waals surface area contributed by atoms with Crippen LogP contribution in [0.25, 0.3) is 0 Å². The molecule has 6 heteroatoms. The van der Waals surface area contributed by atoms with E-state index in [1.807, 2.05) is 20.8 Å². The van der Waals surface area contributed by atoms with Crippen molar-refractivity contribution in [2.45, 2.75) is 58.2 Å². The molecule has 0 aromatic carbocycles. The van der Waals surface area contributed by atoms with Crippen molar-refractivity contribution in [2.75, 3.05) is 7.11 Å².